The third kappa shape index (κ3) is 1.06. The second kappa shape index (κ2) is 2.94. The number of hydrogen-bond acceptors (Lipinski definition) is 1. The smallest absolute Gasteiger partial charge is 0.0624 e. The Kier molecular flexibility index (Phi) is 1.92. The minimum Gasteiger partial charge on any atom is -0.198 e. The molecule has 0 aromatic heterocycles. The van der Waals surface area contributed by atoms with E-state index >= 15 is 0 Å². The van der Waals surface area contributed by atoms with Gasteiger partial charge in [-0.2, -0.15) is 5.26 Å². The second-order valence-electron chi connectivity index (χ2n) is 4.08. The van der Waals surface area contributed by atoms with Crippen LogP contribution in [0, 0.1) is 29.1 Å². The predicted octanol–water partition coefficient (Wildman–Crippen LogP) is 2.89. The first-order valence-electron chi connectivity index (χ1n) is 4.91. The Bertz CT molecular complexity index is 246. The largest absolute Gasteiger partial charge is 0.198 e. The Balaban J connectivity index is 1.97. The van der Waals surface area contributed by atoms with Crippen molar-refractivity contribution in [1.82, 2.24) is 0 Å². The Morgan fingerprint density at radius 1 is 1.67 bits per heavy atom. The number of allylic oxidation sites excluding steroid dienone is 2. The molecular weight excluding hydrogens is 146 g/mol. The Morgan fingerprint density at radius 3 is 3.17 bits per heavy atom. The lowest BCUT2D eigenvalue weighted by molar-refractivity contribution is 0.133. The number of nitriles is 1. The Hall–Kier alpha value is -0.770. The average Bonchev–Trinajstić information content (AvgIpc) is 2.39. The molecule has 12 heavy (non-hydrogen) atoms. The first-order valence-corrected chi connectivity index (χ1v) is 4.91. The SMILES string of the molecule is CCC1=CC2C(CC#N)CC2C1. The third-order valence-corrected chi connectivity index (χ3v) is 3.45. The van der Waals surface area contributed by atoms with E-state index in [1.165, 1.54) is 19.3 Å². The molecule has 0 spiro atoms. The van der Waals surface area contributed by atoms with Gasteiger partial charge in [-0.3, -0.25) is 0 Å². The summed E-state index contributed by atoms with van der Waals surface area (Å²) in [6.07, 6.45) is 7.05. The predicted molar refractivity (Wildman–Crippen MR) is 48.3 cm³/mol. The molecule has 1 nitrogen and oxygen atoms in total. The van der Waals surface area contributed by atoms with Crippen molar-refractivity contribution in [2.24, 2.45) is 17.8 Å². The highest BCUT2D eigenvalue weighted by atomic mass is 14.5. The van der Waals surface area contributed by atoms with E-state index in [0.29, 0.717) is 5.92 Å². The number of hydrogen-bond donors (Lipinski definition) is 0. The van der Waals surface area contributed by atoms with Crippen LogP contribution in [0.3, 0.4) is 0 Å². The maximum atomic E-state index is 8.57. The summed E-state index contributed by atoms with van der Waals surface area (Å²) in [5, 5.41) is 8.57. The van der Waals surface area contributed by atoms with Gasteiger partial charge in [0.1, 0.15) is 0 Å². The van der Waals surface area contributed by atoms with Gasteiger partial charge in [0.2, 0.25) is 0 Å². The number of rotatable bonds is 2. The van der Waals surface area contributed by atoms with Gasteiger partial charge in [0.05, 0.1) is 6.07 Å². The Morgan fingerprint density at radius 2 is 2.50 bits per heavy atom. The van der Waals surface area contributed by atoms with Gasteiger partial charge in [-0.05, 0) is 37.0 Å². The molecule has 2 rings (SSSR count). The van der Waals surface area contributed by atoms with Gasteiger partial charge < -0.3 is 0 Å². The zero-order valence-corrected chi connectivity index (χ0v) is 7.59. The molecule has 2 aliphatic carbocycles. The molecule has 2 aliphatic rings. The molecule has 64 valence electrons. The van der Waals surface area contributed by atoms with E-state index in [1.54, 1.807) is 5.57 Å². The molecule has 0 aromatic carbocycles. The fourth-order valence-electron chi connectivity index (χ4n) is 2.66. The summed E-state index contributed by atoms with van der Waals surface area (Å²) in [5.41, 5.74) is 1.63. The third-order valence-electron chi connectivity index (χ3n) is 3.45. The zero-order valence-electron chi connectivity index (χ0n) is 7.59. The van der Waals surface area contributed by atoms with Crippen LogP contribution in [-0.2, 0) is 0 Å². The summed E-state index contributed by atoms with van der Waals surface area (Å²) >= 11 is 0. The summed E-state index contributed by atoms with van der Waals surface area (Å²) in [4.78, 5) is 0. The van der Waals surface area contributed by atoms with Crippen molar-refractivity contribution in [3.8, 4) is 6.07 Å². The van der Waals surface area contributed by atoms with Gasteiger partial charge in [0.25, 0.3) is 0 Å². The van der Waals surface area contributed by atoms with Gasteiger partial charge in [0.15, 0.2) is 0 Å². The van der Waals surface area contributed by atoms with E-state index in [4.69, 9.17) is 5.26 Å². The van der Waals surface area contributed by atoms with Crippen LogP contribution in [0.25, 0.3) is 0 Å². The van der Waals surface area contributed by atoms with Crippen molar-refractivity contribution in [3.05, 3.63) is 11.6 Å². The van der Waals surface area contributed by atoms with Crippen molar-refractivity contribution in [2.75, 3.05) is 0 Å². The summed E-state index contributed by atoms with van der Waals surface area (Å²) in [5.74, 6) is 2.39. The van der Waals surface area contributed by atoms with Crippen molar-refractivity contribution >= 4 is 0 Å². The van der Waals surface area contributed by atoms with Crippen LogP contribution in [0.2, 0.25) is 0 Å². The molecule has 1 heteroatoms. The molecule has 3 unspecified atom stereocenters. The molecule has 0 amide bonds. The summed E-state index contributed by atoms with van der Waals surface area (Å²) < 4.78 is 0. The van der Waals surface area contributed by atoms with E-state index in [0.717, 1.165) is 18.3 Å². The van der Waals surface area contributed by atoms with E-state index in [2.05, 4.69) is 19.1 Å². The summed E-state index contributed by atoms with van der Waals surface area (Å²) in [7, 11) is 0. The number of fused-ring (bicyclic) bond motifs is 1. The minimum atomic E-state index is 0.698. The molecule has 0 saturated heterocycles. The lowest BCUT2D eigenvalue weighted by Crippen LogP contribution is -2.32. The lowest BCUT2D eigenvalue weighted by Gasteiger charge is -2.38. The molecule has 0 aliphatic heterocycles. The van der Waals surface area contributed by atoms with Crippen molar-refractivity contribution in [2.45, 2.75) is 32.6 Å². The summed E-state index contributed by atoms with van der Waals surface area (Å²) in [6, 6.07) is 2.29. The van der Waals surface area contributed by atoms with Gasteiger partial charge in [-0.15, -0.1) is 0 Å². The highest BCUT2D eigenvalue weighted by molar-refractivity contribution is 5.19. The standard InChI is InChI=1S/C11H15N/c1-2-8-5-10-7-9(3-4-12)11(10)6-8/h6,9-11H,2-3,5,7H2,1H3. The number of nitrogens with zero attached hydrogens (tertiary/aromatic N) is 1. The Labute approximate surface area is 74.1 Å². The minimum absolute atomic E-state index is 0.698. The van der Waals surface area contributed by atoms with Crippen molar-refractivity contribution in [1.29, 1.82) is 5.26 Å². The fraction of sp³-hybridized carbons (Fsp3) is 0.727. The van der Waals surface area contributed by atoms with Gasteiger partial charge in [-0.25, -0.2) is 0 Å². The quantitative estimate of drug-likeness (QED) is 0.571. The highest BCUT2D eigenvalue weighted by Crippen LogP contribution is 2.51. The van der Waals surface area contributed by atoms with E-state index < -0.39 is 0 Å². The lowest BCUT2D eigenvalue weighted by atomic mass is 9.65. The second-order valence-corrected chi connectivity index (χ2v) is 4.08. The molecule has 0 radical (unpaired) electrons. The summed E-state index contributed by atoms with van der Waals surface area (Å²) in [6.45, 7) is 2.23. The van der Waals surface area contributed by atoms with Crippen LogP contribution in [0.5, 0.6) is 0 Å². The molecule has 1 fully saturated rings. The fourth-order valence-corrected chi connectivity index (χ4v) is 2.66. The molecule has 3 atom stereocenters. The maximum Gasteiger partial charge on any atom is 0.0624 e. The first kappa shape index (κ1) is 7.86. The van der Waals surface area contributed by atoms with Crippen LogP contribution in [0.15, 0.2) is 11.6 Å². The molecule has 0 heterocycles. The molecule has 1 saturated carbocycles. The van der Waals surface area contributed by atoms with Gasteiger partial charge in [0, 0.05) is 6.42 Å². The van der Waals surface area contributed by atoms with Crippen molar-refractivity contribution in [3.63, 3.8) is 0 Å². The zero-order chi connectivity index (χ0) is 8.55. The van der Waals surface area contributed by atoms with Gasteiger partial charge >= 0.3 is 0 Å². The van der Waals surface area contributed by atoms with E-state index in [1.807, 2.05) is 0 Å². The topological polar surface area (TPSA) is 23.8 Å². The van der Waals surface area contributed by atoms with E-state index in [-0.39, 0.29) is 0 Å². The van der Waals surface area contributed by atoms with Crippen molar-refractivity contribution < 1.29 is 0 Å². The molecule has 0 bridgehead atoms. The average molecular weight is 161 g/mol. The van der Waals surface area contributed by atoms with Crippen LogP contribution >= 0.6 is 0 Å². The maximum absolute atomic E-state index is 8.57. The highest BCUT2D eigenvalue weighted by Gasteiger charge is 2.42. The molecule has 0 aromatic rings. The molecular formula is C11H15N. The monoisotopic (exact) mass is 161 g/mol. The van der Waals surface area contributed by atoms with Crippen LogP contribution in [-0.4, -0.2) is 0 Å². The van der Waals surface area contributed by atoms with Gasteiger partial charge in [-0.1, -0.05) is 18.6 Å². The van der Waals surface area contributed by atoms with E-state index in [9.17, 15) is 0 Å². The normalized spacial score (nSPS) is 38.0. The van der Waals surface area contributed by atoms with Crippen LogP contribution < -0.4 is 0 Å². The molecule has 0 N–H and O–H groups in total. The van der Waals surface area contributed by atoms with Crippen LogP contribution in [0.1, 0.15) is 32.6 Å². The van der Waals surface area contributed by atoms with Crippen LogP contribution in [0.4, 0.5) is 0 Å². The first-order chi connectivity index (χ1) is 5.85.